The Morgan fingerprint density at radius 2 is 2.26 bits per heavy atom. The van der Waals surface area contributed by atoms with Gasteiger partial charge in [0.15, 0.2) is 0 Å². The van der Waals surface area contributed by atoms with Gasteiger partial charge in [-0.25, -0.2) is 8.42 Å². The molecule has 19 heavy (non-hydrogen) atoms. The quantitative estimate of drug-likeness (QED) is 0.903. The van der Waals surface area contributed by atoms with Gasteiger partial charge in [0.25, 0.3) is 0 Å². The number of aromatic nitrogens is 1. The van der Waals surface area contributed by atoms with Crippen LogP contribution in [-0.4, -0.2) is 36.8 Å². The van der Waals surface area contributed by atoms with Gasteiger partial charge in [-0.05, 0) is 31.9 Å². The van der Waals surface area contributed by atoms with E-state index in [-0.39, 0.29) is 6.04 Å². The fourth-order valence-corrected chi connectivity index (χ4v) is 4.36. The van der Waals surface area contributed by atoms with E-state index in [4.69, 9.17) is 5.73 Å². The maximum atomic E-state index is 12.7. The van der Waals surface area contributed by atoms with Crippen LogP contribution >= 0.6 is 0 Å². The summed E-state index contributed by atoms with van der Waals surface area (Å²) in [6.45, 7) is 2.65. The second-order valence-electron chi connectivity index (χ2n) is 4.94. The molecule has 2 heterocycles. The van der Waals surface area contributed by atoms with Crippen LogP contribution in [0.2, 0.25) is 0 Å². The van der Waals surface area contributed by atoms with E-state index in [1.54, 1.807) is 29.6 Å². The smallest absolute Gasteiger partial charge is 0.222 e. The van der Waals surface area contributed by atoms with Crippen molar-refractivity contribution in [3.05, 3.63) is 30.1 Å². The van der Waals surface area contributed by atoms with Crippen LogP contribution in [0.3, 0.4) is 0 Å². The number of piperidine rings is 1. The van der Waals surface area contributed by atoms with E-state index in [0.717, 1.165) is 19.3 Å². The number of nitrogens with zero attached hydrogens (tertiary/aromatic N) is 2. The fraction of sp³-hybridized carbons (Fsp3) is 0.615. The minimum absolute atomic E-state index is 0.0649. The molecule has 1 aromatic heterocycles. The van der Waals surface area contributed by atoms with E-state index in [2.05, 4.69) is 4.98 Å². The van der Waals surface area contributed by atoms with Crippen LogP contribution in [0.15, 0.2) is 24.4 Å². The Kier molecular flexibility index (Phi) is 4.54. The zero-order valence-electron chi connectivity index (χ0n) is 11.2. The molecule has 6 heteroatoms. The minimum atomic E-state index is -3.39. The van der Waals surface area contributed by atoms with Crippen molar-refractivity contribution in [3.63, 3.8) is 0 Å². The van der Waals surface area contributed by atoms with E-state index >= 15 is 0 Å². The Morgan fingerprint density at radius 1 is 1.47 bits per heavy atom. The molecule has 1 aromatic rings. The molecule has 0 unspecified atom stereocenters. The van der Waals surface area contributed by atoms with Crippen molar-refractivity contribution in [2.75, 3.05) is 13.1 Å². The number of pyridine rings is 1. The molecule has 106 valence electrons. The van der Waals surface area contributed by atoms with E-state index < -0.39 is 15.3 Å². The maximum Gasteiger partial charge on any atom is 0.222 e. The first-order valence-electron chi connectivity index (χ1n) is 6.69. The SMILES string of the molecule is C[C@@H](c1ccccn1)S(=O)(=O)N1CCCC[C@H]1CN. The number of nitrogens with two attached hydrogens (primary N) is 1. The molecule has 5 nitrogen and oxygen atoms in total. The lowest BCUT2D eigenvalue weighted by atomic mass is 10.1. The average Bonchev–Trinajstić information content (AvgIpc) is 2.47. The van der Waals surface area contributed by atoms with Crippen LogP contribution in [0.4, 0.5) is 0 Å². The number of rotatable bonds is 4. The molecule has 2 N–H and O–H groups in total. The number of hydrogen-bond acceptors (Lipinski definition) is 4. The van der Waals surface area contributed by atoms with E-state index in [1.807, 2.05) is 6.07 Å². The Bertz CT molecular complexity index is 504. The van der Waals surface area contributed by atoms with Crippen molar-refractivity contribution in [1.82, 2.24) is 9.29 Å². The molecule has 2 atom stereocenters. The molecule has 1 saturated heterocycles. The highest BCUT2D eigenvalue weighted by atomic mass is 32.2. The summed E-state index contributed by atoms with van der Waals surface area (Å²) < 4.78 is 27.0. The summed E-state index contributed by atoms with van der Waals surface area (Å²) in [6.07, 6.45) is 4.43. The first kappa shape index (κ1) is 14.4. The van der Waals surface area contributed by atoms with Crippen molar-refractivity contribution in [1.29, 1.82) is 0 Å². The topological polar surface area (TPSA) is 76.3 Å². The van der Waals surface area contributed by atoms with Gasteiger partial charge < -0.3 is 5.73 Å². The van der Waals surface area contributed by atoms with Gasteiger partial charge in [0.2, 0.25) is 10.0 Å². The summed E-state index contributed by atoms with van der Waals surface area (Å²) in [5.41, 5.74) is 6.29. The largest absolute Gasteiger partial charge is 0.329 e. The molecule has 0 aliphatic carbocycles. The summed E-state index contributed by atoms with van der Waals surface area (Å²) >= 11 is 0. The van der Waals surface area contributed by atoms with Crippen LogP contribution in [0.1, 0.15) is 37.1 Å². The molecule has 0 aromatic carbocycles. The Hall–Kier alpha value is -0.980. The lowest BCUT2D eigenvalue weighted by Crippen LogP contribution is -2.48. The molecule has 1 fully saturated rings. The summed E-state index contributed by atoms with van der Waals surface area (Å²) in [6, 6.07) is 5.28. The third kappa shape index (κ3) is 2.96. The van der Waals surface area contributed by atoms with Crippen molar-refractivity contribution in [2.24, 2.45) is 5.73 Å². The van der Waals surface area contributed by atoms with Crippen LogP contribution in [-0.2, 0) is 10.0 Å². The average molecular weight is 283 g/mol. The lowest BCUT2D eigenvalue weighted by Gasteiger charge is -2.35. The maximum absolute atomic E-state index is 12.7. The first-order valence-corrected chi connectivity index (χ1v) is 8.19. The van der Waals surface area contributed by atoms with Gasteiger partial charge in [0.05, 0.1) is 5.69 Å². The highest BCUT2D eigenvalue weighted by Crippen LogP contribution is 2.28. The molecule has 0 spiro atoms. The molecular weight excluding hydrogens is 262 g/mol. The fourth-order valence-electron chi connectivity index (χ4n) is 2.52. The van der Waals surface area contributed by atoms with E-state index in [9.17, 15) is 8.42 Å². The van der Waals surface area contributed by atoms with E-state index in [0.29, 0.717) is 18.8 Å². The molecule has 0 amide bonds. The highest BCUT2D eigenvalue weighted by Gasteiger charge is 2.36. The Morgan fingerprint density at radius 3 is 2.89 bits per heavy atom. The molecule has 0 saturated carbocycles. The van der Waals surface area contributed by atoms with Gasteiger partial charge in [-0.15, -0.1) is 0 Å². The third-order valence-electron chi connectivity index (χ3n) is 3.72. The summed E-state index contributed by atoms with van der Waals surface area (Å²) in [7, 11) is -3.39. The second-order valence-corrected chi connectivity index (χ2v) is 7.14. The van der Waals surface area contributed by atoms with Crippen LogP contribution in [0.5, 0.6) is 0 Å². The van der Waals surface area contributed by atoms with E-state index in [1.165, 1.54) is 0 Å². The van der Waals surface area contributed by atoms with Gasteiger partial charge in [-0.1, -0.05) is 12.5 Å². The van der Waals surface area contributed by atoms with Gasteiger partial charge in [-0.3, -0.25) is 4.98 Å². The highest BCUT2D eigenvalue weighted by molar-refractivity contribution is 7.89. The molecular formula is C13H21N3O2S. The van der Waals surface area contributed by atoms with Crippen molar-refractivity contribution in [2.45, 2.75) is 37.5 Å². The van der Waals surface area contributed by atoms with Gasteiger partial charge in [0.1, 0.15) is 5.25 Å². The Balaban J connectivity index is 2.26. The summed E-state index contributed by atoms with van der Waals surface area (Å²) in [5, 5.41) is -0.624. The van der Waals surface area contributed by atoms with Crippen molar-refractivity contribution >= 4 is 10.0 Å². The molecule has 0 radical (unpaired) electrons. The number of sulfonamides is 1. The van der Waals surface area contributed by atoms with Crippen LogP contribution < -0.4 is 5.73 Å². The second kappa shape index (κ2) is 5.98. The third-order valence-corrected chi connectivity index (χ3v) is 5.99. The lowest BCUT2D eigenvalue weighted by molar-refractivity contribution is 0.255. The molecule has 0 bridgehead atoms. The monoisotopic (exact) mass is 283 g/mol. The molecule has 1 aliphatic rings. The number of hydrogen-bond donors (Lipinski definition) is 1. The zero-order chi connectivity index (χ0) is 13.9. The molecule has 2 rings (SSSR count). The van der Waals surface area contributed by atoms with Crippen molar-refractivity contribution < 1.29 is 8.42 Å². The first-order chi connectivity index (χ1) is 9.07. The minimum Gasteiger partial charge on any atom is -0.329 e. The normalized spacial score (nSPS) is 23.2. The zero-order valence-corrected chi connectivity index (χ0v) is 12.0. The van der Waals surface area contributed by atoms with Gasteiger partial charge in [-0.2, -0.15) is 4.31 Å². The van der Waals surface area contributed by atoms with Gasteiger partial charge in [0, 0.05) is 25.3 Å². The van der Waals surface area contributed by atoms with Crippen LogP contribution in [0.25, 0.3) is 0 Å². The van der Waals surface area contributed by atoms with Crippen LogP contribution in [0, 0.1) is 0 Å². The summed E-state index contributed by atoms with van der Waals surface area (Å²) in [5.74, 6) is 0. The summed E-state index contributed by atoms with van der Waals surface area (Å²) in [4.78, 5) is 4.15. The van der Waals surface area contributed by atoms with Crippen molar-refractivity contribution in [3.8, 4) is 0 Å². The predicted octanol–water partition coefficient (Wildman–Crippen LogP) is 1.29. The standard InChI is InChI=1S/C13H21N3O2S/c1-11(13-7-2-4-8-15-13)19(17,18)16-9-5-3-6-12(16)10-14/h2,4,7-8,11-12H,3,5-6,9-10,14H2,1H3/t11-,12-/m0/s1. The molecule has 1 aliphatic heterocycles. The van der Waals surface area contributed by atoms with Gasteiger partial charge >= 0.3 is 0 Å². The Labute approximate surface area is 114 Å². The predicted molar refractivity (Wildman–Crippen MR) is 75.0 cm³/mol.